The number of anilines is 1. The third-order valence-corrected chi connectivity index (χ3v) is 4.24. The lowest BCUT2D eigenvalue weighted by atomic mass is 10.3. The molecule has 3 aromatic rings. The molecule has 150 valence electrons. The largest absolute Gasteiger partial charge is 0.353 e. The molecule has 1 amide bonds. The maximum atomic E-state index is 12.2. The van der Waals surface area contributed by atoms with Crippen LogP contribution in [0.4, 0.5) is 5.82 Å². The molecular weight excluding hydrogens is 400 g/mol. The quantitative estimate of drug-likeness (QED) is 0.340. The number of hydrogen-bond donors (Lipinski definition) is 4. The lowest BCUT2D eigenvalue weighted by molar-refractivity contribution is -0.121. The first-order chi connectivity index (χ1) is 13.9. The number of nitrogens with one attached hydrogen (secondary N) is 4. The zero-order chi connectivity index (χ0) is 21.0. The Morgan fingerprint density at radius 2 is 2.03 bits per heavy atom. The van der Waals surface area contributed by atoms with Crippen molar-refractivity contribution < 1.29 is 4.79 Å². The number of halogens is 1. The number of aryl methyl sites for hydroxylation is 1. The molecule has 2 aromatic heterocycles. The maximum absolute atomic E-state index is 12.2. The minimum Gasteiger partial charge on any atom is -0.353 e. The van der Waals surface area contributed by atoms with Crippen LogP contribution in [-0.4, -0.2) is 43.1 Å². The lowest BCUT2D eigenvalue weighted by Gasteiger charge is -2.11. The zero-order valence-electron chi connectivity index (χ0n) is 15.4. The molecule has 0 fully saturated rings. The molecule has 3 rings (SSSR count). The number of hydrogen-bond acceptors (Lipinski definition) is 7. The van der Waals surface area contributed by atoms with Gasteiger partial charge in [0.2, 0.25) is 5.82 Å². The summed E-state index contributed by atoms with van der Waals surface area (Å²) in [6.07, 6.45) is 1.39. The number of carbonyl (C=O) groups excluding carboxylic acids is 1. The molecule has 0 aliphatic rings. The standard InChI is InChI=1S/C17H17ClN8O3/c1-9-12(13(18)26(25-9)11-6-4-3-5-7-11)8-19-23-15(27)10(2)20-14-16(28)21-17(29)24-22-14/h3-8,10H,1-2H3,(H,20,22)(H,23,27)(H2,21,24,28,29)/b19-8+/t10-/m1/s1. The normalized spacial score (nSPS) is 12.1. The van der Waals surface area contributed by atoms with E-state index < -0.39 is 23.2 Å². The third kappa shape index (κ3) is 4.58. The highest BCUT2D eigenvalue weighted by molar-refractivity contribution is 6.32. The maximum Gasteiger partial charge on any atom is 0.342 e. The highest BCUT2D eigenvalue weighted by Crippen LogP contribution is 2.21. The Labute approximate surface area is 168 Å². The van der Waals surface area contributed by atoms with Crippen molar-refractivity contribution in [3.05, 3.63) is 67.6 Å². The number of aromatic amines is 2. The van der Waals surface area contributed by atoms with E-state index in [1.54, 1.807) is 11.6 Å². The molecule has 0 bridgehead atoms. The summed E-state index contributed by atoms with van der Waals surface area (Å²) in [7, 11) is 0. The van der Waals surface area contributed by atoms with Crippen LogP contribution >= 0.6 is 11.6 Å². The summed E-state index contributed by atoms with van der Waals surface area (Å²) in [5.41, 5.74) is 2.83. The van der Waals surface area contributed by atoms with Gasteiger partial charge >= 0.3 is 5.69 Å². The van der Waals surface area contributed by atoms with Crippen LogP contribution in [0.25, 0.3) is 5.69 Å². The van der Waals surface area contributed by atoms with Crippen LogP contribution in [0.5, 0.6) is 0 Å². The molecule has 0 aliphatic heterocycles. The van der Waals surface area contributed by atoms with Gasteiger partial charge in [0.25, 0.3) is 11.5 Å². The number of benzene rings is 1. The number of H-pyrrole nitrogens is 2. The summed E-state index contributed by atoms with van der Waals surface area (Å²) in [5.74, 6) is -0.725. The van der Waals surface area contributed by atoms with Gasteiger partial charge in [-0.15, -0.1) is 5.10 Å². The number of carbonyl (C=O) groups is 1. The van der Waals surface area contributed by atoms with E-state index in [4.69, 9.17) is 11.6 Å². The van der Waals surface area contributed by atoms with Gasteiger partial charge in [-0.2, -0.15) is 10.2 Å². The molecule has 11 nitrogen and oxygen atoms in total. The molecular formula is C17H17ClN8O3. The molecule has 0 saturated carbocycles. The Bertz CT molecular complexity index is 1170. The molecule has 12 heteroatoms. The van der Waals surface area contributed by atoms with Gasteiger partial charge in [0.1, 0.15) is 11.2 Å². The van der Waals surface area contributed by atoms with Crippen LogP contribution in [0.1, 0.15) is 18.2 Å². The van der Waals surface area contributed by atoms with Crippen molar-refractivity contribution in [1.82, 2.24) is 30.4 Å². The van der Waals surface area contributed by atoms with Gasteiger partial charge in [0.15, 0.2) is 0 Å². The number of nitrogens with zero attached hydrogens (tertiary/aromatic N) is 4. The highest BCUT2D eigenvalue weighted by atomic mass is 35.5. The van der Waals surface area contributed by atoms with E-state index >= 15 is 0 Å². The molecule has 1 atom stereocenters. The van der Waals surface area contributed by atoms with Crippen molar-refractivity contribution in [2.45, 2.75) is 19.9 Å². The summed E-state index contributed by atoms with van der Waals surface area (Å²) in [4.78, 5) is 36.7. The minimum absolute atomic E-state index is 0.195. The van der Waals surface area contributed by atoms with E-state index in [9.17, 15) is 14.4 Å². The topological polar surface area (TPSA) is 150 Å². The van der Waals surface area contributed by atoms with Gasteiger partial charge in [-0.1, -0.05) is 29.8 Å². The Morgan fingerprint density at radius 3 is 2.72 bits per heavy atom. The second kappa shape index (κ2) is 8.52. The summed E-state index contributed by atoms with van der Waals surface area (Å²) in [6.45, 7) is 3.27. The number of rotatable bonds is 6. The first-order valence-corrected chi connectivity index (χ1v) is 8.83. The highest BCUT2D eigenvalue weighted by Gasteiger charge is 2.16. The molecule has 0 saturated heterocycles. The van der Waals surface area contributed by atoms with Crippen LogP contribution in [-0.2, 0) is 4.79 Å². The van der Waals surface area contributed by atoms with E-state index in [-0.39, 0.29) is 5.82 Å². The van der Waals surface area contributed by atoms with Gasteiger partial charge in [0, 0.05) is 0 Å². The van der Waals surface area contributed by atoms with Crippen molar-refractivity contribution >= 4 is 29.5 Å². The van der Waals surface area contributed by atoms with Crippen molar-refractivity contribution in [2.75, 3.05) is 5.32 Å². The average molecular weight is 417 g/mol. The van der Waals surface area contributed by atoms with Gasteiger partial charge in [-0.3, -0.25) is 14.6 Å². The zero-order valence-corrected chi connectivity index (χ0v) is 16.2. The summed E-state index contributed by atoms with van der Waals surface area (Å²) in [5, 5.41) is 16.8. The summed E-state index contributed by atoms with van der Waals surface area (Å²) in [6, 6.07) is 8.50. The lowest BCUT2D eigenvalue weighted by Crippen LogP contribution is -2.38. The second-order valence-electron chi connectivity index (χ2n) is 5.99. The van der Waals surface area contributed by atoms with Crippen LogP contribution in [0, 0.1) is 6.92 Å². The number of aromatic nitrogens is 5. The Hall–Kier alpha value is -3.73. The van der Waals surface area contributed by atoms with E-state index in [2.05, 4.69) is 31.1 Å². The average Bonchev–Trinajstić information content (AvgIpc) is 2.98. The van der Waals surface area contributed by atoms with Crippen molar-refractivity contribution in [3.63, 3.8) is 0 Å². The molecule has 2 heterocycles. The van der Waals surface area contributed by atoms with Gasteiger partial charge in [0.05, 0.1) is 23.2 Å². The Balaban J connectivity index is 1.68. The first kappa shape index (κ1) is 20.0. The van der Waals surface area contributed by atoms with E-state index in [1.165, 1.54) is 13.1 Å². The molecule has 29 heavy (non-hydrogen) atoms. The van der Waals surface area contributed by atoms with Crippen molar-refractivity contribution in [3.8, 4) is 5.69 Å². The fourth-order valence-corrected chi connectivity index (χ4v) is 2.69. The summed E-state index contributed by atoms with van der Waals surface area (Å²) >= 11 is 6.39. The van der Waals surface area contributed by atoms with Crippen LogP contribution in [0.2, 0.25) is 5.15 Å². The Kier molecular flexibility index (Phi) is 5.88. The molecule has 0 unspecified atom stereocenters. The number of para-hydroxylation sites is 1. The smallest absolute Gasteiger partial charge is 0.342 e. The molecule has 1 aromatic carbocycles. The molecule has 0 spiro atoms. The number of hydrazone groups is 1. The van der Waals surface area contributed by atoms with E-state index in [0.717, 1.165) is 5.69 Å². The fourth-order valence-electron chi connectivity index (χ4n) is 2.37. The van der Waals surface area contributed by atoms with Gasteiger partial charge < -0.3 is 5.32 Å². The molecule has 4 N–H and O–H groups in total. The molecule has 0 aliphatic carbocycles. The predicted octanol–water partition coefficient (Wildman–Crippen LogP) is 0.556. The monoisotopic (exact) mass is 416 g/mol. The second-order valence-corrected chi connectivity index (χ2v) is 6.35. The van der Waals surface area contributed by atoms with E-state index in [1.807, 2.05) is 35.3 Å². The third-order valence-electron chi connectivity index (χ3n) is 3.88. The van der Waals surface area contributed by atoms with E-state index in [0.29, 0.717) is 16.4 Å². The number of amides is 1. The minimum atomic E-state index is -0.852. The Morgan fingerprint density at radius 1 is 1.31 bits per heavy atom. The van der Waals surface area contributed by atoms with Gasteiger partial charge in [-0.25, -0.2) is 20.0 Å². The van der Waals surface area contributed by atoms with Crippen LogP contribution in [0.15, 0.2) is 45.0 Å². The molecule has 0 radical (unpaired) electrons. The predicted molar refractivity (Wildman–Crippen MR) is 108 cm³/mol. The van der Waals surface area contributed by atoms with Crippen molar-refractivity contribution in [2.24, 2.45) is 5.10 Å². The summed E-state index contributed by atoms with van der Waals surface area (Å²) < 4.78 is 1.57. The van der Waals surface area contributed by atoms with Gasteiger partial charge in [-0.05, 0) is 26.0 Å². The van der Waals surface area contributed by atoms with Crippen LogP contribution < -0.4 is 22.0 Å². The first-order valence-electron chi connectivity index (χ1n) is 8.46. The SMILES string of the molecule is Cc1nn(-c2ccccc2)c(Cl)c1/C=N/NC(=O)[C@@H](C)Nc1n[nH]c(=O)[nH]c1=O. The fraction of sp³-hybridized carbons (Fsp3) is 0.176. The van der Waals surface area contributed by atoms with Crippen molar-refractivity contribution in [1.29, 1.82) is 0 Å². The van der Waals surface area contributed by atoms with Crippen LogP contribution in [0.3, 0.4) is 0 Å².